The quantitative estimate of drug-likeness (QED) is 0.454. The van der Waals surface area contributed by atoms with Gasteiger partial charge in [-0.3, -0.25) is 9.59 Å². The van der Waals surface area contributed by atoms with Crippen molar-refractivity contribution in [2.24, 2.45) is 50.7 Å². The van der Waals surface area contributed by atoms with Crippen LogP contribution in [-0.4, -0.2) is 30.1 Å². The summed E-state index contributed by atoms with van der Waals surface area (Å²) in [4.78, 5) is 26.7. The normalized spacial score (nSPS) is 48.7. The first kappa shape index (κ1) is 25.5. The minimum absolute atomic E-state index is 0.0517. The van der Waals surface area contributed by atoms with Gasteiger partial charge < -0.3 is 9.84 Å². The van der Waals surface area contributed by atoms with E-state index >= 15 is 0 Å². The molecule has 5 rings (SSSR count). The molecule has 0 spiro atoms. The Kier molecular flexibility index (Phi) is 5.59. The predicted molar refractivity (Wildman–Crippen MR) is 137 cm³/mol. The third-order valence-electron chi connectivity index (χ3n) is 13.0. The molecule has 0 aromatic heterocycles. The summed E-state index contributed by atoms with van der Waals surface area (Å²) in [6.07, 6.45) is 8.35. The van der Waals surface area contributed by atoms with Crippen LogP contribution in [0.25, 0.3) is 0 Å². The molecule has 0 bridgehead atoms. The minimum Gasteiger partial charge on any atom is -0.468 e. The van der Waals surface area contributed by atoms with Gasteiger partial charge in [-0.1, -0.05) is 48.5 Å². The molecule has 8 unspecified atom stereocenters. The van der Waals surface area contributed by atoms with Gasteiger partial charge in [-0.05, 0) is 108 Å². The fourth-order valence-electron chi connectivity index (χ4n) is 11.0. The number of Topliss-reactive ketones (excluding diaryl/α,β-unsaturated/α-hetero) is 1. The summed E-state index contributed by atoms with van der Waals surface area (Å²) in [5.74, 6) is 1.52. The molecule has 0 aliphatic heterocycles. The molecule has 196 valence electrons. The van der Waals surface area contributed by atoms with Crippen molar-refractivity contribution in [1.82, 2.24) is 0 Å². The van der Waals surface area contributed by atoms with Gasteiger partial charge in [0.05, 0.1) is 18.6 Å². The smallest absolute Gasteiger partial charge is 0.316 e. The summed E-state index contributed by atoms with van der Waals surface area (Å²) in [7, 11) is 1.49. The van der Waals surface area contributed by atoms with Crippen molar-refractivity contribution in [1.29, 1.82) is 0 Å². The first-order valence-electron chi connectivity index (χ1n) is 14.2. The summed E-state index contributed by atoms with van der Waals surface area (Å²) in [5, 5.41) is 10.9. The predicted octanol–water partition coefficient (Wildman–Crippen LogP) is 6.50. The molecule has 5 aliphatic carbocycles. The zero-order valence-electron chi connectivity index (χ0n) is 23.4. The number of fused-ring (bicyclic) bond motifs is 7. The monoisotopic (exact) mass is 484 g/mol. The Bertz CT molecular complexity index is 976. The minimum atomic E-state index is -0.739. The van der Waals surface area contributed by atoms with Crippen LogP contribution in [0.5, 0.6) is 0 Å². The van der Waals surface area contributed by atoms with Crippen molar-refractivity contribution >= 4 is 11.8 Å². The maximum atomic E-state index is 13.4. The highest BCUT2D eigenvalue weighted by Gasteiger charge is 2.71. The first-order valence-corrected chi connectivity index (χ1v) is 14.2. The zero-order valence-corrected chi connectivity index (χ0v) is 23.4. The van der Waals surface area contributed by atoms with Gasteiger partial charge >= 0.3 is 5.97 Å². The van der Waals surface area contributed by atoms with Crippen LogP contribution < -0.4 is 0 Å². The number of aliphatic hydroxyl groups excluding tert-OH is 1. The van der Waals surface area contributed by atoms with E-state index in [1.54, 1.807) is 0 Å². The molecule has 0 radical (unpaired) electrons. The molecule has 4 nitrogen and oxygen atoms in total. The molecule has 0 aromatic carbocycles. The lowest BCUT2D eigenvalue weighted by Gasteiger charge is -2.72. The number of esters is 1. The van der Waals surface area contributed by atoms with E-state index in [0.717, 1.165) is 50.5 Å². The molecule has 1 N–H and O–H groups in total. The van der Waals surface area contributed by atoms with Crippen molar-refractivity contribution in [3.8, 4) is 0 Å². The van der Waals surface area contributed by atoms with Gasteiger partial charge in [0.15, 0.2) is 5.78 Å². The Balaban J connectivity index is 1.62. The average Bonchev–Trinajstić information content (AvgIpc) is 3.10. The van der Waals surface area contributed by atoms with Crippen molar-refractivity contribution in [3.63, 3.8) is 0 Å². The highest BCUT2D eigenvalue weighted by molar-refractivity contribution is 6.05. The van der Waals surface area contributed by atoms with Gasteiger partial charge in [-0.2, -0.15) is 0 Å². The van der Waals surface area contributed by atoms with E-state index in [0.29, 0.717) is 18.3 Å². The van der Waals surface area contributed by atoms with Crippen LogP contribution >= 0.6 is 0 Å². The molecule has 5 aliphatic rings. The highest BCUT2D eigenvalue weighted by atomic mass is 16.5. The Morgan fingerprint density at radius 1 is 0.914 bits per heavy atom. The van der Waals surface area contributed by atoms with E-state index in [1.807, 2.05) is 0 Å². The van der Waals surface area contributed by atoms with Gasteiger partial charge in [0.1, 0.15) is 0 Å². The number of ketones is 1. The number of methoxy groups -OCH3 is 1. The maximum Gasteiger partial charge on any atom is 0.316 e. The molecular weight excluding hydrogens is 436 g/mol. The summed E-state index contributed by atoms with van der Waals surface area (Å²) < 4.78 is 5.39. The van der Waals surface area contributed by atoms with E-state index in [9.17, 15) is 14.7 Å². The number of allylic oxidation sites excluding steroid dienone is 1. The van der Waals surface area contributed by atoms with Crippen molar-refractivity contribution in [2.75, 3.05) is 7.11 Å². The molecule has 4 fully saturated rings. The highest BCUT2D eigenvalue weighted by Crippen LogP contribution is 2.76. The SMILES string of the molecule is COC(=O)C12CCC3(C)C(CCC4C5(C)CCC(O)C(C)(C)C5CCC43C)C1=C(C(C)C)C(=O)C2. The standard InChI is InChI=1S/C31H48O4/c1-18(2)24-20(32)17-31(26(34)35-8)16-15-29(6)19(25(24)31)9-10-22-28(5)13-12-23(33)27(3,4)21(28)11-14-30(22,29)7/h18-19,21-23,33H,9-17H2,1-8H3. The summed E-state index contributed by atoms with van der Waals surface area (Å²) in [6.45, 7) is 16.4. The molecule has 4 saturated carbocycles. The number of carbonyl (C=O) groups is 2. The van der Waals surface area contributed by atoms with Gasteiger partial charge in [-0.25, -0.2) is 0 Å². The second kappa shape index (κ2) is 7.68. The van der Waals surface area contributed by atoms with Gasteiger partial charge in [0, 0.05) is 6.42 Å². The van der Waals surface area contributed by atoms with Gasteiger partial charge in [0.2, 0.25) is 0 Å². The molecule has 0 heterocycles. The Hall–Kier alpha value is -1.16. The summed E-state index contributed by atoms with van der Waals surface area (Å²) in [5.41, 5.74) is 1.76. The number of rotatable bonds is 2. The molecular formula is C31H48O4. The third-order valence-corrected chi connectivity index (χ3v) is 13.0. The Morgan fingerprint density at radius 3 is 2.23 bits per heavy atom. The lowest BCUT2D eigenvalue weighted by Crippen LogP contribution is -2.65. The van der Waals surface area contributed by atoms with Crippen LogP contribution in [0.3, 0.4) is 0 Å². The van der Waals surface area contributed by atoms with Crippen LogP contribution in [0.15, 0.2) is 11.1 Å². The average molecular weight is 485 g/mol. The van der Waals surface area contributed by atoms with Crippen LogP contribution in [0, 0.1) is 50.7 Å². The Morgan fingerprint density at radius 2 is 1.60 bits per heavy atom. The first-order chi connectivity index (χ1) is 16.2. The van der Waals surface area contributed by atoms with Crippen LogP contribution in [0.2, 0.25) is 0 Å². The second-order valence-corrected chi connectivity index (χ2v) is 14.6. The van der Waals surface area contributed by atoms with Crippen molar-refractivity contribution in [3.05, 3.63) is 11.1 Å². The molecule has 0 amide bonds. The Labute approximate surface area is 212 Å². The van der Waals surface area contributed by atoms with Crippen molar-refractivity contribution in [2.45, 2.75) is 112 Å². The van der Waals surface area contributed by atoms with Crippen LogP contribution in [0.1, 0.15) is 106 Å². The fourth-order valence-corrected chi connectivity index (χ4v) is 11.0. The van der Waals surface area contributed by atoms with E-state index in [2.05, 4.69) is 48.5 Å². The molecule has 4 heteroatoms. The number of aliphatic hydroxyl groups is 1. The summed E-state index contributed by atoms with van der Waals surface area (Å²) >= 11 is 0. The van der Waals surface area contributed by atoms with E-state index in [4.69, 9.17) is 4.74 Å². The number of carbonyl (C=O) groups excluding carboxylic acids is 2. The molecule has 0 saturated heterocycles. The lowest BCUT2D eigenvalue weighted by atomic mass is 9.33. The third kappa shape index (κ3) is 2.95. The van der Waals surface area contributed by atoms with Crippen LogP contribution in [0.4, 0.5) is 0 Å². The maximum absolute atomic E-state index is 13.4. The molecule has 35 heavy (non-hydrogen) atoms. The lowest BCUT2D eigenvalue weighted by molar-refractivity contribution is -0.229. The topological polar surface area (TPSA) is 63.6 Å². The van der Waals surface area contributed by atoms with Crippen LogP contribution in [-0.2, 0) is 14.3 Å². The summed E-state index contributed by atoms with van der Waals surface area (Å²) in [6, 6.07) is 0. The number of hydrogen-bond acceptors (Lipinski definition) is 4. The zero-order chi connectivity index (χ0) is 25.8. The number of ether oxygens (including phenoxy) is 1. The van der Waals surface area contributed by atoms with Crippen molar-refractivity contribution < 1.29 is 19.4 Å². The van der Waals surface area contributed by atoms with E-state index in [-0.39, 0.29) is 51.4 Å². The van der Waals surface area contributed by atoms with E-state index in [1.165, 1.54) is 19.1 Å². The fraction of sp³-hybridized carbons (Fsp3) is 0.871. The second-order valence-electron chi connectivity index (χ2n) is 14.6. The van der Waals surface area contributed by atoms with Gasteiger partial charge in [0.25, 0.3) is 0 Å². The van der Waals surface area contributed by atoms with E-state index < -0.39 is 5.41 Å². The molecule has 0 aromatic rings. The number of hydrogen-bond donors (Lipinski definition) is 1. The molecule has 8 atom stereocenters. The van der Waals surface area contributed by atoms with Gasteiger partial charge in [-0.15, -0.1) is 0 Å². The largest absolute Gasteiger partial charge is 0.468 e.